The third kappa shape index (κ3) is 7.77. The van der Waals surface area contributed by atoms with Crippen LogP contribution in [-0.4, -0.2) is 66.6 Å². The molecule has 0 aliphatic carbocycles. The zero-order valence-corrected chi connectivity index (χ0v) is 28.1. The molecule has 1 heterocycles. The Labute approximate surface area is 272 Å². The van der Waals surface area contributed by atoms with Gasteiger partial charge in [-0.1, -0.05) is 23.7 Å². The van der Waals surface area contributed by atoms with Crippen molar-refractivity contribution in [2.75, 3.05) is 32.0 Å². The molecule has 0 bridgehead atoms. The Morgan fingerprint density at radius 2 is 1.43 bits per heavy atom. The number of methoxy groups -OCH3 is 2. The molecule has 11 nitrogen and oxygen atoms in total. The van der Waals surface area contributed by atoms with E-state index in [0.717, 1.165) is 0 Å². The minimum atomic E-state index is -4.12. The van der Waals surface area contributed by atoms with Gasteiger partial charge in [0.2, 0.25) is 10.0 Å². The molecule has 1 aliphatic rings. The number of ether oxygens (including phenoxy) is 3. The van der Waals surface area contributed by atoms with Crippen LogP contribution in [0.5, 0.6) is 11.5 Å². The molecule has 42 heavy (non-hydrogen) atoms. The summed E-state index contributed by atoms with van der Waals surface area (Å²) in [5, 5.41) is 4.44. The first-order valence-electron chi connectivity index (χ1n) is 12.4. The number of rotatable bonds is 9. The number of benzene rings is 3. The molecule has 3 aromatic carbocycles. The number of nitrogens with one attached hydrogen (secondary N) is 1. The number of anilines is 1. The van der Waals surface area contributed by atoms with Crippen LogP contribution in [0.15, 0.2) is 70.5 Å². The number of carbonyl (C=O) groups excluding carboxylic acids is 1. The Morgan fingerprint density at radius 3 is 1.98 bits per heavy atom. The molecule has 1 amide bonds. The monoisotopic (exact) mass is 645 g/mol. The van der Waals surface area contributed by atoms with Crippen LogP contribution in [0.2, 0.25) is 5.02 Å². The normalized spacial score (nSPS) is 17.5. The topological polar surface area (TPSA) is 142 Å². The molecule has 3 aromatic rings. The maximum Gasteiger partial charge on any atom is 1.00 e. The largest absolute Gasteiger partial charge is 1.00 e. The molecule has 220 valence electrons. The fourth-order valence-electron chi connectivity index (χ4n) is 4.30. The summed E-state index contributed by atoms with van der Waals surface area (Å²) in [6.45, 7) is 4.07. The summed E-state index contributed by atoms with van der Waals surface area (Å²) in [7, 11) is -5.17. The molecular formula is C27H29ClN3NaO8S2. The molecule has 0 saturated carbocycles. The van der Waals surface area contributed by atoms with Gasteiger partial charge >= 0.3 is 29.6 Å². The molecule has 2 atom stereocenters. The van der Waals surface area contributed by atoms with E-state index in [-0.39, 0.29) is 93.1 Å². The van der Waals surface area contributed by atoms with Gasteiger partial charge < -0.3 is 24.3 Å². The van der Waals surface area contributed by atoms with Crippen LogP contribution in [0.4, 0.5) is 11.4 Å². The summed E-state index contributed by atoms with van der Waals surface area (Å²) in [5.74, 6) is -0.443. The molecule has 1 fully saturated rings. The maximum atomic E-state index is 13.3. The van der Waals surface area contributed by atoms with Gasteiger partial charge in [0, 0.05) is 29.7 Å². The van der Waals surface area contributed by atoms with E-state index >= 15 is 0 Å². The van der Waals surface area contributed by atoms with Crippen molar-refractivity contribution in [2.45, 2.75) is 35.8 Å². The summed E-state index contributed by atoms with van der Waals surface area (Å²) in [6.07, 6.45) is -0.485. The van der Waals surface area contributed by atoms with Crippen molar-refractivity contribution in [2.24, 2.45) is 0 Å². The summed E-state index contributed by atoms with van der Waals surface area (Å²) in [6, 6.07) is 13.7. The quantitative estimate of drug-likeness (QED) is 0.347. The van der Waals surface area contributed by atoms with E-state index in [1.54, 1.807) is 0 Å². The van der Waals surface area contributed by atoms with Crippen LogP contribution in [-0.2, 0) is 24.8 Å². The van der Waals surface area contributed by atoms with Crippen molar-refractivity contribution in [3.63, 3.8) is 0 Å². The number of nitrogens with zero attached hydrogens (tertiary/aromatic N) is 2. The van der Waals surface area contributed by atoms with E-state index in [4.69, 9.17) is 25.8 Å². The Balaban J connectivity index is 0.00000484. The van der Waals surface area contributed by atoms with Gasteiger partial charge in [0.15, 0.2) is 11.5 Å². The number of hydrogen-bond donors (Lipinski definition) is 1. The van der Waals surface area contributed by atoms with Crippen molar-refractivity contribution in [1.82, 2.24) is 4.31 Å². The average Bonchev–Trinajstić information content (AvgIpc) is 2.92. The Hall–Kier alpha value is -2.36. The van der Waals surface area contributed by atoms with Gasteiger partial charge in [-0.3, -0.25) is 4.72 Å². The van der Waals surface area contributed by atoms with Gasteiger partial charge in [-0.15, -0.1) is 5.69 Å². The van der Waals surface area contributed by atoms with E-state index in [1.165, 1.54) is 79.2 Å². The number of sulfonamides is 2. The number of morpholine rings is 1. The van der Waals surface area contributed by atoms with Gasteiger partial charge in [-0.25, -0.2) is 16.8 Å². The van der Waals surface area contributed by atoms with Crippen LogP contribution >= 0.6 is 11.6 Å². The Kier molecular flexibility index (Phi) is 11.3. The minimum absolute atomic E-state index is 0. The van der Waals surface area contributed by atoms with Crippen LogP contribution < -0.4 is 43.8 Å². The standard InChI is InChI=1S/C27H30ClN3O8S2.Na/c1-17-15-31(16-18(2)39-17)41(35,36)22-11-7-20(8-12-22)29-27(32)23-13-25(37-3)26(38-4)14-24(23)30-40(33,34)21-9-5-19(28)6-10-21;/h5-14,17-18H,15-16H2,1-4H3,(H2,29,30,32);/q;+1/p-1/t17-,18+;. The number of hydrogen-bond acceptors (Lipinski definition) is 8. The van der Waals surface area contributed by atoms with Gasteiger partial charge in [0.05, 0.1) is 47.8 Å². The second-order valence-corrected chi connectivity index (χ2v) is 13.4. The predicted molar refractivity (Wildman–Crippen MR) is 154 cm³/mol. The van der Waals surface area contributed by atoms with E-state index in [0.29, 0.717) is 5.02 Å². The third-order valence-electron chi connectivity index (χ3n) is 6.21. The number of halogens is 1. The summed E-state index contributed by atoms with van der Waals surface area (Å²) < 4.78 is 72.4. The van der Waals surface area contributed by atoms with Crippen LogP contribution in [0.1, 0.15) is 24.2 Å². The fourth-order valence-corrected chi connectivity index (χ4v) is 7.09. The molecule has 1 saturated heterocycles. The average molecular weight is 646 g/mol. The van der Waals surface area contributed by atoms with Crippen molar-refractivity contribution in [3.05, 3.63) is 76.6 Å². The minimum Gasteiger partial charge on any atom is -0.623 e. The summed E-state index contributed by atoms with van der Waals surface area (Å²) >= 11 is 5.88. The molecule has 1 N–H and O–H groups in total. The van der Waals surface area contributed by atoms with Gasteiger partial charge in [0.25, 0.3) is 10.0 Å². The Bertz CT molecular complexity index is 1630. The molecular weight excluding hydrogens is 617 g/mol. The van der Waals surface area contributed by atoms with Crippen molar-refractivity contribution in [1.29, 1.82) is 0 Å². The molecule has 15 heteroatoms. The van der Waals surface area contributed by atoms with Gasteiger partial charge in [-0.05, 0) is 56.3 Å². The second-order valence-electron chi connectivity index (χ2n) is 9.30. The van der Waals surface area contributed by atoms with Crippen molar-refractivity contribution >= 4 is 48.9 Å². The molecule has 1 aliphatic heterocycles. The molecule has 0 radical (unpaired) electrons. The van der Waals surface area contributed by atoms with Crippen LogP contribution in [0.25, 0.3) is 5.32 Å². The van der Waals surface area contributed by atoms with Crippen molar-refractivity contribution < 1.29 is 65.4 Å². The molecule has 0 unspecified atom stereocenters. The predicted octanol–water partition coefficient (Wildman–Crippen LogP) is 1.81. The fraction of sp³-hybridized carbons (Fsp3) is 0.296. The van der Waals surface area contributed by atoms with Gasteiger partial charge in [-0.2, -0.15) is 4.31 Å². The van der Waals surface area contributed by atoms with E-state index < -0.39 is 26.0 Å². The van der Waals surface area contributed by atoms with E-state index in [9.17, 15) is 21.6 Å². The van der Waals surface area contributed by atoms with Crippen LogP contribution in [0, 0.1) is 0 Å². The van der Waals surface area contributed by atoms with E-state index in [1.807, 2.05) is 13.8 Å². The first-order chi connectivity index (χ1) is 19.3. The van der Waals surface area contributed by atoms with Crippen molar-refractivity contribution in [3.8, 4) is 11.5 Å². The first-order valence-corrected chi connectivity index (χ1v) is 15.7. The molecule has 4 rings (SSSR count). The second kappa shape index (κ2) is 14.0. The number of amides is 1. The number of carbonyl (C=O) groups is 1. The maximum absolute atomic E-state index is 13.3. The summed E-state index contributed by atoms with van der Waals surface area (Å²) in [5.41, 5.74) is -0.0479. The summed E-state index contributed by atoms with van der Waals surface area (Å²) in [4.78, 5) is 13.3. The zero-order chi connectivity index (χ0) is 29.9. The zero-order valence-electron chi connectivity index (χ0n) is 23.7. The Morgan fingerprint density at radius 1 is 0.905 bits per heavy atom. The van der Waals surface area contributed by atoms with Crippen LogP contribution in [0.3, 0.4) is 0 Å². The smallest absolute Gasteiger partial charge is 0.623 e. The van der Waals surface area contributed by atoms with E-state index in [2.05, 4.69) is 10.0 Å². The first kappa shape index (κ1) is 34.1. The van der Waals surface area contributed by atoms with Gasteiger partial charge in [0.1, 0.15) is 0 Å². The molecule has 0 spiro atoms. The SMILES string of the molecule is COc1cc(NS(=O)(=O)c2ccc(Cl)cc2)c(C(=O)[N-]c2ccc(S(=O)(=O)N3C[C@@H](C)O[C@@H](C)C3)cc2)cc1OC.[Na+]. The third-order valence-corrected chi connectivity index (χ3v) is 9.69. The molecule has 0 aromatic heterocycles.